The number of benzene rings is 3. The summed E-state index contributed by atoms with van der Waals surface area (Å²) < 4.78 is 48.2. The second-order valence-electron chi connectivity index (χ2n) is 10.4. The van der Waals surface area contributed by atoms with Crippen LogP contribution in [0.25, 0.3) is 11.1 Å². The van der Waals surface area contributed by atoms with E-state index in [4.69, 9.17) is 4.74 Å². The van der Waals surface area contributed by atoms with Gasteiger partial charge < -0.3 is 25.6 Å². The highest BCUT2D eigenvalue weighted by molar-refractivity contribution is 9.10. The lowest BCUT2D eigenvalue weighted by molar-refractivity contribution is -0.137. The van der Waals surface area contributed by atoms with Crippen LogP contribution in [0.4, 0.5) is 30.5 Å². The number of nitrogens with zero attached hydrogens (tertiary/aromatic N) is 3. The highest BCUT2D eigenvalue weighted by Gasteiger charge is 2.34. The Kier molecular flexibility index (Phi) is 11.2. The Morgan fingerprint density at radius 3 is 2.55 bits per heavy atom. The third-order valence-corrected chi connectivity index (χ3v) is 7.05. The summed E-state index contributed by atoms with van der Waals surface area (Å²) in [6.07, 6.45) is -0.908. The van der Waals surface area contributed by atoms with Gasteiger partial charge in [-0.1, -0.05) is 34.1 Å². The van der Waals surface area contributed by atoms with Crippen LogP contribution in [0.15, 0.2) is 77.4 Å². The van der Waals surface area contributed by atoms with Gasteiger partial charge in [-0.2, -0.15) is 18.2 Å². The van der Waals surface area contributed by atoms with Crippen molar-refractivity contribution in [3.8, 4) is 22.8 Å². The van der Waals surface area contributed by atoms with Crippen molar-refractivity contribution in [3.63, 3.8) is 0 Å². The van der Waals surface area contributed by atoms with E-state index in [1.165, 1.54) is 12.1 Å². The van der Waals surface area contributed by atoms with Crippen LogP contribution in [0.3, 0.4) is 0 Å². The molecule has 1 amide bonds. The van der Waals surface area contributed by atoms with Crippen LogP contribution in [0.2, 0.25) is 0 Å². The number of hydrogen-bond acceptors (Lipinski definition) is 7. The molecule has 0 unspecified atom stereocenters. The van der Waals surface area contributed by atoms with Gasteiger partial charge in [0.1, 0.15) is 5.75 Å². The van der Waals surface area contributed by atoms with Crippen molar-refractivity contribution in [2.45, 2.75) is 25.9 Å². The largest absolute Gasteiger partial charge is 0.439 e. The molecular weight excluding hydrogens is 637 g/mol. The molecule has 232 valence electrons. The summed E-state index contributed by atoms with van der Waals surface area (Å²) in [6, 6.07) is 17.4. The lowest BCUT2D eigenvalue weighted by atomic mass is 9.98. The zero-order chi connectivity index (χ0) is 31.7. The minimum absolute atomic E-state index is 0.0526. The molecule has 0 radical (unpaired) electrons. The summed E-state index contributed by atoms with van der Waals surface area (Å²) in [5.74, 6) is 0.967. The highest BCUT2D eigenvalue weighted by atomic mass is 79.9. The van der Waals surface area contributed by atoms with Crippen LogP contribution in [0.1, 0.15) is 24.0 Å². The monoisotopic (exact) mass is 670 g/mol. The number of carbonyl (C=O) groups is 1. The first-order valence-corrected chi connectivity index (χ1v) is 14.8. The number of carbonyl (C=O) groups excluding carboxylic acids is 1. The average molecular weight is 672 g/mol. The molecule has 3 N–H and O–H groups in total. The molecular formula is C32H34BrF3N6O2. The Hall–Kier alpha value is -4.16. The first-order valence-electron chi connectivity index (χ1n) is 14.0. The molecule has 3 aromatic carbocycles. The maximum Gasteiger partial charge on any atom is 0.417 e. The number of unbranched alkanes of at least 4 members (excludes halogenated alkanes) is 1. The van der Waals surface area contributed by atoms with Gasteiger partial charge in [-0.05, 0) is 99.6 Å². The topological polar surface area (TPSA) is 91.4 Å². The lowest BCUT2D eigenvalue weighted by Crippen LogP contribution is -2.22. The van der Waals surface area contributed by atoms with Crippen LogP contribution in [0, 0.1) is 6.92 Å². The first kappa shape index (κ1) is 32.7. The molecule has 0 bridgehead atoms. The Bertz CT molecular complexity index is 1580. The standard InChI is InChI=1S/C32H34BrF3N6O2/c1-21-17-25(44-30-13-15-38-31(41-30)37-14-4-5-16-42(2)3)10-12-28(21)40-29(43)20-39-24-9-11-26(27(19-24)32(34,35)36)22-7-6-8-23(33)18-22/h6-13,15,17-19,39H,4-5,14,16,20H2,1-3H3,(H,40,43)(H,37,38,41). The van der Waals surface area contributed by atoms with Crippen molar-refractivity contribution >= 4 is 39.2 Å². The van der Waals surface area contributed by atoms with Gasteiger partial charge in [-0.15, -0.1) is 0 Å². The van der Waals surface area contributed by atoms with E-state index in [1.54, 1.807) is 54.7 Å². The predicted molar refractivity (Wildman–Crippen MR) is 171 cm³/mol. The van der Waals surface area contributed by atoms with Gasteiger partial charge in [0.2, 0.25) is 17.7 Å². The fourth-order valence-corrected chi connectivity index (χ4v) is 4.77. The van der Waals surface area contributed by atoms with Crippen molar-refractivity contribution in [1.29, 1.82) is 0 Å². The maximum atomic E-state index is 13.9. The number of anilines is 3. The summed E-state index contributed by atoms with van der Waals surface area (Å²) in [5.41, 5.74) is 1.16. The number of rotatable bonds is 13. The fraction of sp³-hybridized carbons (Fsp3) is 0.281. The van der Waals surface area contributed by atoms with Gasteiger partial charge in [0.15, 0.2) is 0 Å². The van der Waals surface area contributed by atoms with Crippen LogP contribution in [0.5, 0.6) is 11.6 Å². The van der Waals surface area contributed by atoms with E-state index < -0.39 is 17.6 Å². The average Bonchev–Trinajstić information content (AvgIpc) is 2.97. The molecule has 1 aromatic heterocycles. The number of aryl methyl sites for hydroxylation is 1. The summed E-state index contributed by atoms with van der Waals surface area (Å²) >= 11 is 3.30. The summed E-state index contributed by atoms with van der Waals surface area (Å²) in [7, 11) is 4.09. The fourth-order valence-electron chi connectivity index (χ4n) is 4.37. The third kappa shape index (κ3) is 9.68. The number of nitrogens with one attached hydrogen (secondary N) is 3. The molecule has 44 heavy (non-hydrogen) atoms. The molecule has 0 spiro atoms. The van der Waals surface area contributed by atoms with Crippen molar-refractivity contribution in [3.05, 3.63) is 88.5 Å². The van der Waals surface area contributed by atoms with E-state index in [1.807, 2.05) is 21.0 Å². The number of ether oxygens (including phenoxy) is 1. The smallest absolute Gasteiger partial charge is 0.417 e. The Labute approximate surface area is 263 Å². The maximum absolute atomic E-state index is 13.9. The van der Waals surface area contributed by atoms with E-state index in [9.17, 15) is 18.0 Å². The predicted octanol–water partition coefficient (Wildman–Crippen LogP) is 7.83. The van der Waals surface area contributed by atoms with Gasteiger partial charge in [0.05, 0.1) is 12.1 Å². The van der Waals surface area contributed by atoms with E-state index >= 15 is 0 Å². The Morgan fingerprint density at radius 2 is 1.82 bits per heavy atom. The molecule has 0 aliphatic carbocycles. The number of aromatic nitrogens is 2. The van der Waals surface area contributed by atoms with Gasteiger partial charge in [0.25, 0.3) is 0 Å². The molecule has 0 aliphatic heterocycles. The molecule has 4 aromatic rings. The van der Waals surface area contributed by atoms with Gasteiger partial charge in [-0.25, -0.2) is 4.98 Å². The van der Waals surface area contributed by atoms with E-state index in [-0.39, 0.29) is 17.8 Å². The quantitative estimate of drug-likeness (QED) is 0.125. The molecule has 0 fully saturated rings. The third-order valence-electron chi connectivity index (χ3n) is 6.55. The van der Waals surface area contributed by atoms with Crippen LogP contribution >= 0.6 is 15.9 Å². The number of hydrogen-bond donors (Lipinski definition) is 3. The molecule has 12 heteroatoms. The van der Waals surface area contributed by atoms with Crippen LogP contribution in [-0.2, 0) is 11.0 Å². The Morgan fingerprint density at radius 1 is 1.00 bits per heavy atom. The van der Waals surface area contributed by atoms with Gasteiger partial charge in [0, 0.05) is 34.7 Å². The first-order chi connectivity index (χ1) is 21.0. The zero-order valence-corrected chi connectivity index (χ0v) is 26.2. The zero-order valence-electron chi connectivity index (χ0n) is 24.6. The van der Waals surface area contributed by atoms with Crippen molar-refractivity contribution in [1.82, 2.24) is 14.9 Å². The van der Waals surface area contributed by atoms with Crippen LogP contribution < -0.4 is 20.7 Å². The minimum Gasteiger partial charge on any atom is -0.439 e. The molecule has 8 nitrogen and oxygen atoms in total. The van der Waals surface area contributed by atoms with Crippen molar-refractivity contribution in [2.75, 3.05) is 49.7 Å². The van der Waals surface area contributed by atoms with E-state index in [0.717, 1.165) is 37.6 Å². The van der Waals surface area contributed by atoms with Gasteiger partial charge in [-0.3, -0.25) is 4.79 Å². The van der Waals surface area contributed by atoms with Crippen molar-refractivity contribution < 1.29 is 22.7 Å². The number of amides is 1. The van der Waals surface area contributed by atoms with Crippen LogP contribution in [-0.4, -0.2) is 54.5 Å². The van der Waals surface area contributed by atoms with E-state index in [0.29, 0.717) is 33.3 Å². The highest BCUT2D eigenvalue weighted by Crippen LogP contribution is 2.39. The number of halogens is 4. The van der Waals surface area contributed by atoms with Crippen molar-refractivity contribution in [2.24, 2.45) is 0 Å². The summed E-state index contributed by atoms with van der Waals surface area (Å²) in [6.45, 7) is 3.35. The summed E-state index contributed by atoms with van der Waals surface area (Å²) in [4.78, 5) is 23.4. The molecule has 1 heterocycles. The molecule has 4 rings (SSSR count). The van der Waals surface area contributed by atoms with Gasteiger partial charge >= 0.3 is 6.18 Å². The number of alkyl halides is 3. The SMILES string of the molecule is Cc1cc(Oc2ccnc(NCCCCN(C)C)n2)ccc1NC(=O)CNc1ccc(-c2cccc(Br)c2)c(C(F)(F)F)c1. The molecule has 0 atom stereocenters. The van der Waals surface area contributed by atoms with E-state index in [2.05, 4.69) is 46.7 Å². The summed E-state index contributed by atoms with van der Waals surface area (Å²) in [5, 5.41) is 8.78. The second kappa shape index (κ2) is 15.0. The molecule has 0 aliphatic rings. The second-order valence-corrected chi connectivity index (χ2v) is 11.3. The molecule has 0 saturated heterocycles. The lowest BCUT2D eigenvalue weighted by Gasteiger charge is -2.16. The normalized spacial score (nSPS) is 11.4. The minimum atomic E-state index is -4.58. The Balaban J connectivity index is 1.33. The molecule has 0 saturated carbocycles.